The lowest BCUT2D eigenvalue weighted by molar-refractivity contribution is 0.232. The standard InChI is InChI=1S/C14H24N4/c1-12(2)9-15-10-13-5-3-8-18(13)11-14-16-6-4-7-17-14/h4,6-7,12-13,15H,3,5,8-11H2,1-2H3. The highest BCUT2D eigenvalue weighted by atomic mass is 15.2. The molecule has 1 fully saturated rings. The fourth-order valence-corrected chi connectivity index (χ4v) is 2.47. The van der Waals surface area contributed by atoms with Crippen LogP contribution in [0.4, 0.5) is 0 Å². The first-order valence-corrected chi connectivity index (χ1v) is 6.96. The van der Waals surface area contributed by atoms with Crippen molar-refractivity contribution < 1.29 is 0 Å². The fraction of sp³-hybridized carbons (Fsp3) is 0.714. The number of nitrogens with zero attached hydrogens (tertiary/aromatic N) is 3. The highest BCUT2D eigenvalue weighted by Gasteiger charge is 2.24. The van der Waals surface area contributed by atoms with E-state index < -0.39 is 0 Å². The van der Waals surface area contributed by atoms with E-state index in [1.54, 1.807) is 0 Å². The van der Waals surface area contributed by atoms with E-state index in [-0.39, 0.29) is 0 Å². The molecule has 1 saturated heterocycles. The first kappa shape index (κ1) is 13.4. The number of aromatic nitrogens is 2. The van der Waals surface area contributed by atoms with Crippen molar-refractivity contribution in [2.75, 3.05) is 19.6 Å². The molecule has 1 aromatic rings. The lowest BCUT2D eigenvalue weighted by Gasteiger charge is -2.24. The number of hydrogen-bond acceptors (Lipinski definition) is 4. The van der Waals surface area contributed by atoms with E-state index in [1.807, 2.05) is 18.5 Å². The maximum atomic E-state index is 4.31. The van der Waals surface area contributed by atoms with Crippen LogP contribution in [0.2, 0.25) is 0 Å². The highest BCUT2D eigenvalue weighted by molar-refractivity contribution is 4.91. The van der Waals surface area contributed by atoms with E-state index in [4.69, 9.17) is 0 Å². The topological polar surface area (TPSA) is 41.0 Å². The Balaban J connectivity index is 1.80. The highest BCUT2D eigenvalue weighted by Crippen LogP contribution is 2.18. The summed E-state index contributed by atoms with van der Waals surface area (Å²) < 4.78 is 0. The Labute approximate surface area is 110 Å². The number of rotatable bonds is 6. The van der Waals surface area contributed by atoms with Crippen LogP contribution in [0.1, 0.15) is 32.5 Å². The zero-order valence-electron chi connectivity index (χ0n) is 11.5. The van der Waals surface area contributed by atoms with Crippen molar-refractivity contribution in [3.05, 3.63) is 24.3 Å². The van der Waals surface area contributed by atoms with Gasteiger partial charge in [-0.2, -0.15) is 0 Å². The van der Waals surface area contributed by atoms with Crippen molar-refractivity contribution in [3.63, 3.8) is 0 Å². The molecule has 2 rings (SSSR count). The second kappa shape index (κ2) is 6.81. The van der Waals surface area contributed by atoms with Gasteiger partial charge in [-0.25, -0.2) is 9.97 Å². The van der Waals surface area contributed by atoms with Gasteiger partial charge in [-0.05, 0) is 37.9 Å². The molecule has 0 spiro atoms. The van der Waals surface area contributed by atoms with Gasteiger partial charge in [0.05, 0.1) is 6.54 Å². The molecule has 0 aliphatic carbocycles. The van der Waals surface area contributed by atoms with Gasteiger partial charge in [0.2, 0.25) is 0 Å². The van der Waals surface area contributed by atoms with E-state index in [0.717, 1.165) is 31.4 Å². The first-order chi connectivity index (χ1) is 8.75. The quantitative estimate of drug-likeness (QED) is 0.832. The third-order valence-electron chi connectivity index (χ3n) is 3.40. The smallest absolute Gasteiger partial charge is 0.142 e. The molecule has 0 aromatic carbocycles. The molecule has 1 N–H and O–H groups in total. The largest absolute Gasteiger partial charge is 0.315 e. The molecular weight excluding hydrogens is 224 g/mol. The average molecular weight is 248 g/mol. The predicted octanol–water partition coefficient (Wildman–Crippen LogP) is 1.69. The maximum Gasteiger partial charge on any atom is 0.142 e. The van der Waals surface area contributed by atoms with Crippen LogP contribution < -0.4 is 5.32 Å². The Hall–Kier alpha value is -1.00. The van der Waals surface area contributed by atoms with Gasteiger partial charge in [-0.3, -0.25) is 4.90 Å². The van der Waals surface area contributed by atoms with E-state index in [2.05, 4.69) is 34.0 Å². The van der Waals surface area contributed by atoms with Gasteiger partial charge in [-0.15, -0.1) is 0 Å². The Morgan fingerprint density at radius 3 is 2.89 bits per heavy atom. The van der Waals surface area contributed by atoms with Crippen LogP contribution in [0, 0.1) is 5.92 Å². The summed E-state index contributed by atoms with van der Waals surface area (Å²) in [6.45, 7) is 8.74. The third kappa shape index (κ3) is 4.03. The summed E-state index contributed by atoms with van der Waals surface area (Å²) in [4.78, 5) is 11.1. The van der Waals surface area contributed by atoms with Crippen molar-refractivity contribution in [1.29, 1.82) is 0 Å². The van der Waals surface area contributed by atoms with Gasteiger partial charge >= 0.3 is 0 Å². The van der Waals surface area contributed by atoms with Crippen molar-refractivity contribution in [3.8, 4) is 0 Å². The van der Waals surface area contributed by atoms with Crippen molar-refractivity contribution in [2.24, 2.45) is 5.92 Å². The predicted molar refractivity (Wildman–Crippen MR) is 73.2 cm³/mol. The van der Waals surface area contributed by atoms with E-state index >= 15 is 0 Å². The minimum absolute atomic E-state index is 0.646. The Morgan fingerprint density at radius 2 is 2.17 bits per heavy atom. The summed E-state index contributed by atoms with van der Waals surface area (Å²) in [5.41, 5.74) is 0. The van der Waals surface area contributed by atoms with Crippen LogP contribution in [-0.2, 0) is 6.54 Å². The van der Waals surface area contributed by atoms with E-state index in [9.17, 15) is 0 Å². The molecule has 2 heterocycles. The normalized spacial score (nSPS) is 20.7. The molecule has 100 valence electrons. The summed E-state index contributed by atoms with van der Waals surface area (Å²) >= 11 is 0. The lowest BCUT2D eigenvalue weighted by atomic mass is 10.2. The van der Waals surface area contributed by atoms with Crippen molar-refractivity contribution in [2.45, 2.75) is 39.3 Å². The average Bonchev–Trinajstić information content (AvgIpc) is 2.78. The van der Waals surface area contributed by atoms with Crippen LogP contribution in [0.5, 0.6) is 0 Å². The number of nitrogens with one attached hydrogen (secondary N) is 1. The molecule has 0 amide bonds. The van der Waals surface area contributed by atoms with Gasteiger partial charge in [0, 0.05) is 25.0 Å². The molecule has 0 saturated carbocycles. The molecule has 1 unspecified atom stereocenters. The molecule has 1 aliphatic heterocycles. The van der Waals surface area contributed by atoms with E-state index in [0.29, 0.717) is 6.04 Å². The maximum absolute atomic E-state index is 4.31. The van der Waals surface area contributed by atoms with Gasteiger partial charge in [0.1, 0.15) is 5.82 Å². The molecule has 1 aromatic heterocycles. The van der Waals surface area contributed by atoms with Gasteiger partial charge in [0.25, 0.3) is 0 Å². The summed E-state index contributed by atoms with van der Waals surface area (Å²) in [5, 5.41) is 3.56. The van der Waals surface area contributed by atoms with Crippen LogP contribution >= 0.6 is 0 Å². The number of likely N-dealkylation sites (tertiary alicyclic amines) is 1. The summed E-state index contributed by atoms with van der Waals surface area (Å²) in [7, 11) is 0. The Kier molecular flexibility index (Phi) is 5.08. The minimum Gasteiger partial charge on any atom is -0.315 e. The van der Waals surface area contributed by atoms with Crippen LogP contribution in [-0.4, -0.2) is 40.5 Å². The minimum atomic E-state index is 0.646. The van der Waals surface area contributed by atoms with E-state index in [1.165, 1.54) is 19.4 Å². The van der Waals surface area contributed by atoms with Crippen LogP contribution in [0.15, 0.2) is 18.5 Å². The summed E-state index contributed by atoms with van der Waals surface area (Å²) in [5.74, 6) is 1.66. The molecular formula is C14H24N4. The van der Waals surface area contributed by atoms with Crippen LogP contribution in [0.3, 0.4) is 0 Å². The SMILES string of the molecule is CC(C)CNCC1CCCN1Cc1ncccn1. The van der Waals surface area contributed by atoms with Gasteiger partial charge < -0.3 is 5.32 Å². The molecule has 18 heavy (non-hydrogen) atoms. The molecule has 4 nitrogen and oxygen atoms in total. The van der Waals surface area contributed by atoms with Crippen LogP contribution in [0.25, 0.3) is 0 Å². The summed E-state index contributed by atoms with van der Waals surface area (Å²) in [6.07, 6.45) is 6.23. The molecule has 1 aliphatic rings. The third-order valence-corrected chi connectivity index (χ3v) is 3.40. The first-order valence-electron chi connectivity index (χ1n) is 6.96. The molecule has 0 radical (unpaired) electrons. The lowest BCUT2D eigenvalue weighted by Crippen LogP contribution is -2.38. The van der Waals surface area contributed by atoms with Crippen molar-refractivity contribution in [1.82, 2.24) is 20.2 Å². The fourth-order valence-electron chi connectivity index (χ4n) is 2.47. The van der Waals surface area contributed by atoms with Crippen molar-refractivity contribution >= 4 is 0 Å². The Morgan fingerprint density at radius 1 is 1.39 bits per heavy atom. The van der Waals surface area contributed by atoms with Gasteiger partial charge in [0.15, 0.2) is 0 Å². The zero-order valence-corrected chi connectivity index (χ0v) is 11.5. The second-order valence-electron chi connectivity index (χ2n) is 5.48. The Bertz CT molecular complexity index is 339. The number of hydrogen-bond donors (Lipinski definition) is 1. The summed E-state index contributed by atoms with van der Waals surface area (Å²) in [6, 6.07) is 2.52. The molecule has 1 atom stereocenters. The van der Waals surface area contributed by atoms with Gasteiger partial charge in [-0.1, -0.05) is 13.8 Å². The monoisotopic (exact) mass is 248 g/mol. The zero-order chi connectivity index (χ0) is 12.8. The second-order valence-corrected chi connectivity index (χ2v) is 5.48. The molecule has 4 heteroatoms. The molecule has 0 bridgehead atoms.